The minimum absolute atomic E-state index is 0.126. The van der Waals surface area contributed by atoms with Crippen molar-refractivity contribution in [3.8, 4) is 11.8 Å². The number of hydrogen-bond acceptors (Lipinski definition) is 3. The standard InChI is InChI=1S/C13H16O3/c1-15-9-10-16-11-13-6-3-2-5-12(13)7-4-8-14/h2-3,5-6,14H,8-11H2,1H3. The number of hydrogen-bond donors (Lipinski definition) is 1. The molecule has 86 valence electrons. The van der Waals surface area contributed by atoms with E-state index in [1.807, 2.05) is 24.3 Å². The van der Waals surface area contributed by atoms with Crippen LogP contribution < -0.4 is 0 Å². The Hall–Kier alpha value is -1.34. The summed E-state index contributed by atoms with van der Waals surface area (Å²) in [5.41, 5.74) is 1.92. The molecular formula is C13H16O3. The van der Waals surface area contributed by atoms with Gasteiger partial charge in [0, 0.05) is 12.7 Å². The van der Waals surface area contributed by atoms with Gasteiger partial charge >= 0.3 is 0 Å². The Morgan fingerprint density at radius 2 is 2.06 bits per heavy atom. The smallest absolute Gasteiger partial charge is 0.104 e. The molecular weight excluding hydrogens is 204 g/mol. The van der Waals surface area contributed by atoms with Gasteiger partial charge in [-0.05, 0) is 11.6 Å². The van der Waals surface area contributed by atoms with Crippen LogP contribution in [0.1, 0.15) is 11.1 Å². The van der Waals surface area contributed by atoms with Crippen molar-refractivity contribution in [1.82, 2.24) is 0 Å². The molecule has 0 aromatic heterocycles. The number of rotatable bonds is 5. The second-order valence-electron chi connectivity index (χ2n) is 3.16. The third kappa shape index (κ3) is 4.45. The zero-order chi connectivity index (χ0) is 11.6. The van der Waals surface area contributed by atoms with Crippen molar-refractivity contribution >= 4 is 0 Å². The Labute approximate surface area is 96.0 Å². The van der Waals surface area contributed by atoms with Crippen molar-refractivity contribution in [3.05, 3.63) is 35.4 Å². The summed E-state index contributed by atoms with van der Waals surface area (Å²) >= 11 is 0. The SMILES string of the molecule is COCCOCc1ccccc1C#CCO. The van der Waals surface area contributed by atoms with Gasteiger partial charge in [0.2, 0.25) is 0 Å². The van der Waals surface area contributed by atoms with Crippen molar-refractivity contribution < 1.29 is 14.6 Å². The summed E-state index contributed by atoms with van der Waals surface area (Å²) < 4.78 is 10.3. The van der Waals surface area contributed by atoms with E-state index < -0.39 is 0 Å². The third-order valence-corrected chi connectivity index (χ3v) is 2.01. The number of aliphatic hydroxyl groups is 1. The largest absolute Gasteiger partial charge is 0.384 e. The second-order valence-corrected chi connectivity index (χ2v) is 3.16. The van der Waals surface area contributed by atoms with Crippen molar-refractivity contribution in [2.75, 3.05) is 26.9 Å². The van der Waals surface area contributed by atoms with Crippen LogP contribution in [-0.4, -0.2) is 32.0 Å². The van der Waals surface area contributed by atoms with Crippen molar-refractivity contribution in [2.45, 2.75) is 6.61 Å². The van der Waals surface area contributed by atoms with E-state index in [4.69, 9.17) is 14.6 Å². The molecule has 1 rings (SSSR count). The van der Waals surface area contributed by atoms with E-state index >= 15 is 0 Å². The van der Waals surface area contributed by atoms with Gasteiger partial charge in [0.15, 0.2) is 0 Å². The molecule has 0 aliphatic rings. The number of benzene rings is 1. The summed E-state index contributed by atoms with van der Waals surface area (Å²) in [7, 11) is 1.64. The lowest BCUT2D eigenvalue weighted by molar-refractivity contribution is 0.0616. The summed E-state index contributed by atoms with van der Waals surface area (Å²) in [6.45, 7) is 1.54. The molecule has 0 amide bonds. The van der Waals surface area contributed by atoms with Crippen LogP contribution in [0.3, 0.4) is 0 Å². The zero-order valence-corrected chi connectivity index (χ0v) is 9.40. The zero-order valence-electron chi connectivity index (χ0n) is 9.40. The summed E-state index contributed by atoms with van der Waals surface area (Å²) in [6, 6.07) is 7.74. The Bertz CT molecular complexity index is 363. The molecule has 1 aromatic carbocycles. The lowest BCUT2D eigenvalue weighted by Gasteiger charge is -2.05. The molecule has 0 aliphatic heterocycles. The molecule has 1 N–H and O–H groups in total. The van der Waals surface area contributed by atoms with Crippen molar-refractivity contribution in [2.24, 2.45) is 0 Å². The first kappa shape index (κ1) is 12.7. The van der Waals surface area contributed by atoms with E-state index in [0.717, 1.165) is 11.1 Å². The third-order valence-electron chi connectivity index (χ3n) is 2.01. The summed E-state index contributed by atoms with van der Waals surface area (Å²) in [5.74, 6) is 5.52. The maximum atomic E-state index is 8.64. The Kier molecular flexibility index (Phi) is 6.28. The highest BCUT2D eigenvalue weighted by Crippen LogP contribution is 2.08. The van der Waals surface area contributed by atoms with Gasteiger partial charge in [-0.1, -0.05) is 30.0 Å². The van der Waals surface area contributed by atoms with E-state index in [9.17, 15) is 0 Å². The van der Waals surface area contributed by atoms with E-state index in [1.165, 1.54) is 0 Å². The first-order chi connectivity index (χ1) is 7.88. The summed E-state index contributed by atoms with van der Waals surface area (Å²) in [6.07, 6.45) is 0. The highest BCUT2D eigenvalue weighted by molar-refractivity contribution is 5.40. The first-order valence-corrected chi connectivity index (χ1v) is 5.12. The van der Waals surface area contributed by atoms with E-state index in [0.29, 0.717) is 19.8 Å². The molecule has 0 unspecified atom stereocenters. The Balaban J connectivity index is 2.57. The van der Waals surface area contributed by atoms with Crippen LogP contribution in [0.5, 0.6) is 0 Å². The van der Waals surface area contributed by atoms with Gasteiger partial charge < -0.3 is 14.6 Å². The fraction of sp³-hybridized carbons (Fsp3) is 0.385. The molecule has 0 spiro atoms. The maximum Gasteiger partial charge on any atom is 0.104 e. The molecule has 3 nitrogen and oxygen atoms in total. The molecule has 0 heterocycles. The van der Waals surface area contributed by atoms with Crippen molar-refractivity contribution in [3.63, 3.8) is 0 Å². The van der Waals surface area contributed by atoms with Crippen molar-refractivity contribution in [1.29, 1.82) is 0 Å². The molecule has 0 aliphatic carbocycles. The topological polar surface area (TPSA) is 38.7 Å². The average molecular weight is 220 g/mol. The van der Waals surface area contributed by atoms with Gasteiger partial charge in [-0.15, -0.1) is 0 Å². The van der Waals surface area contributed by atoms with Crippen LogP contribution in [0.4, 0.5) is 0 Å². The van der Waals surface area contributed by atoms with Gasteiger partial charge in [-0.3, -0.25) is 0 Å². The number of aliphatic hydroxyl groups excluding tert-OH is 1. The Morgan fingerprint density at radius 1 is 1.25 bits per heavy atom. The molecule has 0 atom stereocenters. The molecule has 0 saturated heterocycles. The normalized spacial score (nSPS) is 9.62. The van der Waals surface area contributed by atoms with E-state index in [2.05, 4.69) is 11.8 Å². The minimum Gasteiger partial charge on any atom is -0.384 e. The van der Waals surface area contributed by atoms with Crippen LogP contribution in [0, 0.1) is 11.8 Å². The van der Waals surface area contributed by atoms with Crippen LogP contribution in [-0.2, 0) is 16.1 Å². The summed E-state index contributed by atoms with van der Waals surface area (Å²) in [4.78, 5) is 0. The Morgan fingerprint density at radius 3 is 2.81 bits per heavy atom. The molecule has 16 heavy (non-hydrogen) atoms. The van der Waals surface area contributed by atoms with E-state index in [1.54, 1.807) is 7.11 Å². The van der Waals surface area contributed by atoms with Crippen LogP contribution in [0.25, 0.3) is 0 Å². The second kappa shape index (κ2) is 7.89. The fourth-order valence-electron chi connectivity index (χ4n) is 1.23. The van der Waals surface area contributed by atoms with Gasteiger partial charge in [-0.2, -0.15) is 0 Å². The average Bonchev–Trinajstić information content (AvgIpc) is 2.33. The fourth-order valence-corrected chi connectivity index (χ4v) is 1.23. The van der Waals surface area contributed by atoms with Gasteiger partial charge in [0.1, 0.15) is 6.61 Å². The van der Waals surface area contributed by atoms with E-state index in [-0.39, 0.29) is 6.61 Å². The highest BCUT2D eigenvalue weighted by atomic mass is 16.5. The number of methoxy groups -OCH3 is 1. The monoisotopic (exact) mass is 220 g/mol. The first-order valence-electron chi connectivity index (χ1n) is 5.12. The molecule has 0 radical (unpaired) electrons. The predicted molar refractivity (Wildman–Crippen MR) is 61.9 cm³/mol. The van der Waals surface area contributed by atoms with Crippen LogP contribution in [0.2, 0.25) is 0 Å². The molecule has 0 saturated carbocycles. The lowest BCUT2D eigenvalue weighted by Crippen LogP contribution is -2.02. The predicted octanol–water partition coefficient (Wildman–Crippen LogP) is 1.19. The van der Waals surface area contributed by atoms with Gasteiger partial charge in [0.25, 0.3) is 0 Å². The minimum atomic E-state index is -0.126. The molecule has 3 heteroatoms. The molecule has 0 fully saturated rings. The van der Waals surface area contributed by atoms with Gasteiger partial charge in [0.05, 0.1) is 19.8 Å². The van der Waals surface area contributed by atoms with Gasteiger partial charge in [-0.25, -0.2) is 0 Å². The summed E-state index contributed by atoms with van der Waals surface area (Å²) in [5, 5.41) is 8.64. The quantitative estimate of drug-likeness (QED) is 0.598. The number of ether oxygens (including phenoxy) is 2. The highest BCUT2D eigenvalue weighted by Gasteiger charge is 1.98. The lowest BCUT2D eigenvalue weighted by atomic mass is 10.1. The van der Waals surface area contributed by atoms with Crippen LogP contribution in [0.15, 0.2) is 24.3 Å². The van der Waals surface area contributed by atoms with Crippen LogP contribution >= 0.6 is 0 Å². The molecule has 1 aromatic rings. The maximum absolute atomic E-state index is 8.64. The molecule has 0 bridgehead atoms.